The smallest absolute Gasteiger partial charge is 0.113 e. The van der Waals surface area contributed by atoms with Crippen LogP contribution in [-0.4, -0.2) is 11.2 Å². The van der Waals surface area contributed by atoms with E-state index in [1.165, 1.54) is 0 Å². The van der Waals surface area contributed by atoms with Crippen LogP contribution < -0.4 is 0 Å². The molecule has 1 rings (SSSR count). The average Bonchev–Trinajstić information content (AvgIpc) is 2.59. The van der Waals surface area contributed by atoms with Crippen LogP contribution >= 0.6 is 0 Å². The largest absolute Gasteiger partial charge is 0.358 e. The molecule has 0 aromatic carbocycles. The summed E-state index contributed by atoms with van der Waals surface area (Å²) in [5.74, 6) is 0. The Morgan fingerprint density at radius 2 is 1.90 bits per heavy atom. The van der Waals surface area contributed by atoms with Gasteiger partial charge in [0.2, 0.25) is 0 Å². The van der Waals surface area contributed by atoms with E-state index in [2.05, 4.69) is 27.4 Å². The molecule has 0 N–H and O–H groups in total. The van der Waals surface area contributed by atoms with E-state index in [1.54, 1.807) is 0 Å². The van der Waals surface area contributed by atoms with Gasteiger partial charge in [0.1, 0.15) is 11.2 Å². The van der Waals surface area contributed by atoms with Gasteiger partial charge in [0.25, 0.3) is 0 Å². The summed E-state index contributed by atoms with van der Waals surface area (Å²) in [6.07, 6.45) is 4.10. The van der Waals surface area contributed by atoms with Crippen molar-refractivity contribution in [3.05, 3.63) is 12.7 Å². The number of rotatable bonds is 3. The van der Waals surface area contributed by atoms with Gasteiger partial charge in [0.05, 0.1) is 0 Å². The van der Waals surface area contributed by atoms with E-state index in [-0.39, 0.29) is 11.2 Å². The minimum atomic E-state index is -0.0312. The van der Waals surface area contributed by atoms with Crippen LogP contribution in [0.2, 0.25) is 0 Å². The highest BCUT2D eigenvalue weighted by molar-refractivity contribution is 5.20. The average molecular weight is 140 g/mol. The van der Waals surface area contributed by atoms with Gasteiger partial charge < -0.3 is 4.74 Å². The summed E-state index contributed by atoms with van der Waals surface area (Å²) >= 11 is 0. The molecular weight excluding hydrogens is 124 g/mol. The van der Waals surface area contributed by atoms with E-state index in [1.807, 2.05) is 6.08 Å². The van der Waals surface area contributed by atoms with Crippen molar-refractivity contribution in [2.45, 2.75) is 44.8 Å². The summed E-state index contributed by atoms with van der Waals surface area (Å²) < 4.78 is 5.62. The third-order valence-corrected chi connectivity index (χ3v) is 2.80. The lowest BCUT2D eigenvalue weighted by atomic mass is 9.90. The van der Waals surface area contributed by atoms with Crippen LogP contribution in [0.1, 0.15) is 33.6 Å². The summed E-state index contributed by atoms with van der Waals surface area (Å²) in [5, 5.41) is 0. The second-order valence-corrected chi connectivity index (χ2v) is 3.11. The topological polar surface area (TPSA) is 12.5 Å². The highest BCUT2D eigenvalue weighted by Crippen LogP contribution is 2.53. The maximum Gasteiger partial charge on any atom is 0.113 e. The van der Waals surface area contributed by atoms with Gasteiger partial charge >= 0.3 is 0 Å². The fraction of sp³-hybridized carbons (Fsp3) is 0.778. The van der Waals surface area contributed by atoms with E-state index < -0.39 is 0 Å². The highest BCUT2D eigenvalue weighted by atomic mass is 16.6. The molecule has 0 spiro atoms. The first kappa shape index (κ1) is 7.80. The second-order valence-electron chi connectivity index (χ2n) is 3.11. The number of epoxide rings is 1. The molecule has 0 bridgehead atoms. The van der Waals surface area contributed by atoms with Crippen LogP contribution in [0.15, 0.2) is 12.7 Å². The normalized spacial score (nSPS) is 35.5. The monoisotopic (exact) mass is 140 g/mol. The van der Waals surface area contributed by atoms with Gasteiger partial charge in [-0.05, 0) is 19.8 Å². The molecule has 1 fully saturated rings. The highest BCUT2D eigenvalue weighted by Gasteiger charge is 2.62. The molecular formula is C9H16O. The Bertz CT molecular complexity index is 147. The molecule has 0 amide bonds. The van der Waals surface area contributed by atoms with Crippen molar-refractivity contribution < 1.29 is 4.74 Å². The third kappa shape index (κ3) is 0.734. The van der Waals surface area contributed by atoms with Crippen LogP contribution in [0, 0.1) is 0 Å². The van der Waals surface area contributed by atoms with Crippen LogP contribution in [0.25, 0.3) is 0 Å². The molecule has 0 saturated carbocycles. The minimum Gasteiger partial charge on any atom is -0.358 e. The SMILES string of the molecule is C=CC1(C)OC1(CC)CC. The minimum absolute atomic E-state index is 0.0312. The second kappa shape index (κ2) is 2.09. The van der Waals surface area contributed by atoms with Gasteiger partial charge in [0.15, 0.2) is 0 Å². The van der Waals surface area contributed by atoms with Gasteiger partial charge in [-0.25, -0.2) is 0 Å². The van der Waals surface area contributed by atoms with E-state index in [0.29, 0.717) is 0 Å². The van der Waals surface area contributed by atoms with E-state index in [9.17, 15) is 0 Å². The van der Waals surface area contributed by atoms with E-state index in [4.69, 9.17) is 4.74 Å². The standard InChI is InChI=1S/C9H16O/c1-5-8(4)9(6-2,7-3)10-8/h5H,1,6-7H2,2-4H3. The lowest BCUT2D eigenvalue weighted by Crippen LogP contribution is -2.19. The Morgan fingerprint density at radius 3 is 2.00 bits per heavy atom. The molecule has 1 saturated heterocycles. The maximum absolute atomic E-state index is 5.62. The van der Waals surface area contributed by atoms with Crippen LogP contribution in [0.3, 0.4) is 0 Å². The fourth-order valence-corrected chi connectivity index (χ4v) is 1.70. The number of ether oxygens (including phenoxy) is 1. The van der Waals surface area contributed by atoms with Crippen molar-refractivity contribution in [3.63, 3.8) is 0 Å². The molecule has 1 nitrogen and oxygen atoms in total. The predicted molar refractivity (Wildman–Crippen MR) is 43.0 cm³/mol. The van der Waals surface area contributed by atoms with Crippen molar-refractivity contribution in [3.8, 4) is 0 Å². The quantitative estimate of drug-likeness (QED) is 0.433. The lowest BCUT2D eigenvalue weighted by Gasteiger charge is -2.08. The maximum atomic E-state index is 5.62. The molecule has 0 aromatic heterocycles. The zero-order valence-corrected chi connectivity index (χ0v) is 7.11. The Morgan fingerprint density at radius 1 is 1.40 bits per heavy atom. The molecule has 1 unspecified atom stereocenters. The molecule has 0 aliphatic carbocycles. The summed E-state index contributed by atoms with van der Waals surface area (Å²) in [5.41, 5.74) is 0.0885. The van der Waals surface area contributed by atoms with E-state index >= 15 is 0 Å². The van der Waals surface area contributed by atoms with Crippen molar-refractivity contribution in [1.29, 1.82) is 0 Å². The van der Waals surface area contributed by atoms with Crippen LogP contribution in [0.5, 0.6) is 0 Å². The molecule has 0 radical (unpaired) electrons. The van der Waals surface area contributed by atoms with Gasteiger partial charge in [-0.1, -0.05) is 19.9 Å². The summed E-state index contributed by atoms with van der Waals surface area (Å²) in [4.78, 5) is 0. The Balaban J connectivity index is 2.68. The first-order valence-electron chi connectivity index (χ1n) is 3.98. The van der Waals surface area contributed by atoms with Crippen molar-refractivity contribution in [2.24, 2.45) is 0 Å². The molecule has 1 heterocycles. The fourth-order valence-electron chi connectivity index (χ4n) is 1.70. The summed E-state index contributed by atoms with van der Waals surface area (Å²) in [7, 11) is 0. The molecule has 1 aliphatic rings. The summed E-state index contributed by atoms with van der Waals surface area (Å²) in [6, 6.07) is 0. The first-order chi connectivity index (χ1) is 4.64. The van der Waals surface area contributed by atoms with Gasteiger partial charge in [-0.2, -0.15) is 0 Å². The van der Waals surface area contributed by atoms with Crippen molar-refractivity contribution in [1.82, 2.24) is 0 Å². The Kier molecular flexibility index (Phi) is 1.63. The number of hydrogen-bond acceptors (Lipinski definition) is 1. The van der Waals surface area contributed by atoms with Gasteiger partial charge in [-0.15, -0.1) is 6.58 Å². The summed E-state index contributed by atoms with van der Waals surface area (Å²) in [6.45, 7) is 10.2. The molecule has 1 atom stereocenters. The molecule has 10 heavy (non-hydrogen) atoms. The van der Waals surface area contributed by atoms with Crippen LogP contribution in [-0.2, 0) is 4.74 Å². The van der Waals surface area contributed by atoms with Crippen molar-refractivity contribution >= 4 is 0 Å². The predicted octanol–water partition coefficient (Wildman–Crippen LogP) is 2.52. The lowest BCUT2D eigenvalue weighted by molar-refractivity contribution is 0.271. The zero-order valence-electron chi connectivity index (χ0n) is 7.11. The Labute approximate surface area is 63.1 Å². The number of hydrogen-bond donors (Lipinski definition) is 0. The van der Waals surface area contributed by atoms with E-state index in [0.717, 1.165) is 12.8 Å². The molecule has 0 aromatic rings. The van der Waals surface area contributed by atoms with Gasteiger partial charge in [-0.3, -0.25) is 0 Å². The van der Waals surface area contributed by atoms with Crippen LogP contribution in [0.4, 0.5) is 0 Å². The molecule has 1 aliphatic heterocycles. The zero-order chi connectivity index (χ0) is 7.83. The van der Waals surface area contributed by atoms with Crippen molar-refractivity contribution in [2.75, 3.05) is 0 Å². The Hall–Kier alpha value is -0.300. The first-order valence-corrected chi connectivity index (χ1v) is 3.98. The molecule has 1 heteroatoms. The molecule has 58 valence electrons. The van der Waals surface area contributed by atoms with Gasteiger partial charge in [0, 0.05) is 0 Å². The third-order valence-electron chi connectivity index (χ3n) is 2.80.